The fraction of sp³-hybridized carbons (Fsp3) is 0.263. The molecule has 0 fully saturated rings. The molecule has 2 amide bonds. The fourth-order valence-corrected chi connectivity index (χ4v) is 2.44. The van der Waals surface area contributed by atoms with E-state index in [-0.39, 0.29) is 12.1 Å². The van der Waals surface area contributed by atoms with E-state index in [0.717, 1.165) is 11.1 Å². The number of nitrogens with zero attached hydrogens (tertiary/aromatic N) is 2. The monoisotopic (exact) mass is 322 g/mol. The van der Waals surface area contributed by atoms with Crippen LogP contribution in [0.1, 0.15) is 17.2 Å². The van der Waals surface area contributed by atoms with Crippen LogP contribution in [0.2, 0.25) is 0 Å². The van der Waals surface area contributed by atoms with Crippen LogP contribution in [0, 0.1) is 11.3 Å². The number of amides is 2. The SMILES string of the molecule is CN(C)C(CNC(=O)Nc1ccc(CC#N)cc1)c1ccccc1. The molecule has 0 aliphatic rings. The Hall–Kier alpha value is -2.84. The lowest BCUT2D eigenvalue weighted by molar-refractivity contribution is 0.243. The van der Waals surface area contributed by atoms with Crippen molar-refractivity contribution in [1.82, 2.24) is 10.2 Å². The fourth-order valence-electron chi connectivity index (χ4n) is 2.44. The highest BCUT2D eigenvalue weighted by molar-refractivity contribution is 5.89. The molecule has 2 rings (SSSR count). The van der Waals surface area contributed by atoms with Crippen LogP contribution in [0.3, 0.4) is 0 Å². The molecule has 2 aromatic carbocycles. The van der Waals surface area contributed by atoms with Crippen LogP contribution in [-0.4, -0.2) is 31.6 Å². The van der Waals surface area contributed by atoms with Gasteiger partial charge in [0.1, 0.15) is 0 Å². The average Bonchev–Trinajstić information content (AvgIpc) is 2.58. The van der Waals surface area contributed by atoms with E-state index < -0.39 is 0 Å². The molecule has 24 heavy (non-hydrogen) atoms. The number of nitriles is 1. The van der Waals surface area contributed by atoms with Crippen molar-refractivity contribution < 1.29 is 4.79 Å². The Labute approximate surface area is 142 Å². The highest BCUT2D eigenvalue weighted by Gasteiger charge is 2.14. The zero-order chi connectivity index (χ0) is 17.4. The molecule has 5 heteroatoms. The van der Waals surface area contributed by atoms with Gasteiger partial charge in [0.15, 0.2) is 0 Å². The van der Waals surface area contributed by atoms with Gasteiger partial charge in [0.05, 0.1) is 18.5 Å². The number of hydrogen-bond donors (Lipinski definition) is 2. The lowest BCUT2D eigenvalue weighted by Crippen LogP contribution is -2.36. The van der Waals surface area contributed by atoms with Crippen molar-refractivity contribution in [3.8, 4) is 6.07 Å². The lowest BCUT2D eigenvalue weighted by atomic mass is 10.1. The second-order valence-corrected chi connectivity index (χ2v) is 5.76. The van der Waals surface area contributed by atoms with Crippen molar-refractivity contribution in [3.05, 3.63) is 65.7 Å². The Balaban J connectivity index is 1.90. The molecule has 2 aromatic rings. The number of carbonyl (C=O) groups excluding carboxylic acids is 1. The molecule has 2 N–H and O–H groups in total. The molecule has 5 nitrogen and oxygen atoms in total. The van der Waals surface area contributed by atoms with Gasteiger partial charge in [-0.3, -0.25) is 0 Å². The summed E-state index contributed by atoms with van der Waals surface area (Å²) in [4.78, 5) is 14.2. The minimum absolute atomic E-state index is 0.106. The Morgan fingerprint density at radius 3 is 2.38 bits per heavy atom. The molecule has 1 atom stereocenters. The molecule has 0 saturated heterocycles. The third-order valence-electron chi connectivity index (χ3n) is 3.76. The number of urea groups is 1. The molecule has 0 saturated carbocycles. The van der Waals surface area contributed by atoms with E-state index in [0.29, 0.717) is 18.7 Å². The highest BCUT2D eigenvalue weighted by Crippen LogP contribution is 2.16. The molecule has 0 radical (unpaired) electrons. The van der Waals surface area contributed by atoms with Crippen LogP contribution in [0.5, 0.6) is 0 Å². The third-order valence-corrected chi connectivity index (χ3v) is 3.76. The second-order valence-electron chi connectivity index (χ2n) is 5.76. The number of rotatable bonds is 6. The van der Waals surface area contributed by atoms with E-state index in [1.165, 1.54) is 0 Å². The molecule has 0 heterocycles. The highest BCUT2D eigenvalue weighted by atomic mass is 16.2. The minimum atomic E-state index is -0.245. The molecule has 0 aliphatic heterocycles. The number of nitrogens with one attached hydrogen (secondary N) is 2. The minimum Gasteiger partial charge on any atom is -0.336 e. The van der Waals surface area contributed by atoms with E-state index in [1.54, 1.807) is 12.1 Å². The summed E-state index contributed by atoms with van der Waals surface area (Å²) < 4.78 is 0. The van der Waals surface area contributed by atoms with Gasteiger partial charge in [-0.05, 0) is 37.4 Å². The summed E-state index contributed by atoms with van der Waals surface area (Å²) in [6, 6.07) is 19.3. The van der Waals surface area contributed by atoms with Gasteiger partial charge < -0.3 is 15.5 Å². The van der Waals surface area contributed by atoms with Crippen LogP contribution < -0.4 is 10.6 Å². The van der Waals surface area contributed by atoms with Crippen LogP contribution in [-0.2, 0) is 6.42 Å². The lowest BCUT2D eigenvalue weighted by Gasteiger charge is -2.25. The molecular formula is C19H22N4O. The summed E-state index contributed by atoms with van der Waals surface area (Å²) >= 11 is 0. The number of likely N-dealkylation sites (N-methyl/N-ethyl adjacent to an activating group) is 1. The standard InChI is InChI=1S/C19H22N4O/c1-23(2)18(16-6-4-3-5-7-16)14-21-19(24)22-17-10-8-15(9-11-17)12-13-20/h3-11,18H,12,14H2,1-2H3,(H2,21,22,24). The molecular weight excluding hydrogens is 300 g/mol. The average molecular weight is 322 g/mol. The first-order valence-electron chi connectivity index (χ1n) is 7.82. The van der Waals surface area contributed by atoms with E-state index in [4.69, 9.17) is 5.26 Å². The number of carbonyl (C=O) groups is 1. The maximum atomic E-state index is 12.1. The normalized spacial score (nSPS) is 11.6. The van der Waals surface area contributed by atoms with Crippen LogP contribution in [0.4, 0.5) is 10.5 Å². The van der Waals surface area contributed by atoms with Crippen LogP contribution in [0.25, 0.3) is 0 Å². The number of hydrogen-bond acceptors (Lipinski definition) is 3. The third kappa shape index (κ3) is 5.11. The smallest absolute Gasteiger partial charge is 0.319 e. The molecule has 0 spiro atoms. The summed E-state index contributed by atoms with van der Waals surface area (Å²) in [5, 5.41) is 14.4. The van der Waals surface area contributed by atoms with Crippen LogP contribution in [0.15, 0.2) is 54.6 Å². The Morgan fingerprint density at radius 1 is 1.12 bits per heavy atom. The molecule has 0 aromatic heterocycles. The van der Waals surface area contributed by atoms with Crippen molar-refractivity contribution in [2.45, 2.75) is 12.5 Å². The van der Waals surface area contributed by atoms with Crippen molar-refractivity contribution in [2.75, 3.05) is 26.0 Å². The molecule has 0 bridgehead atoms. The van der Waals surface area contributed by atoms with Gasteiger partial charge >= 0.3 is 6.03 Å². The van der Waals surface area contributed by atoms with E-state index in [2.05, 4.69) is 33.7 Å². The Kier molecular flexibility index (Phi) is 6.35. The van der Waals surface area contributed by atoms with Gasteiger partial charge in [-0.15, -0.1) is 0 Å². The van der Waals surface area contributed by atoms with Gasteiger partial charge in [-0.2, -0.15) is 5.26 Å². The largest absolute Gasteiger partial charge is 0.336 e. The second kappa shape index (κ2) is 8.70. The van der Waals surface area contributed by atoms with Gasteiger partial charge in [0, 0.05) is 12.2 Å². The first-order chi connectivity index (χ1) is 11.6. The summed E-state index contributed by atoms with van der Waals surface area (Å²) in [5.41, 5.74) is 2.79. The van der Waals surface area contributed by atoms with Crippen molar-refractivity contribution in [1.29, 1.82) is 5.26 Å². The van der Waals surface area contributed by atoms with Crippen molar-refractivity contribution in [3.63, 3.8) is 0 Å². The van der Waals surface area contributed by atoms with Crippen LogP contribution >= 0.6 is 0 Å². The summed E-state index contributed by atoms with van der Waals surface area (Å²) in [7, 11) is 3.98. The van der Waals surface area contributed by atoms with Gasteiger partial charge in [-0.1, -0.05) is 42.5 Å². The zero-order valence-corrected chi connectivity index (χ0v) is 14.0. The predicted octanol–water partition coefficient (Wildman–Crippen LogP) is 3.18. The van der Waals surface area contributed by atoms with E-state index >= 15 is 0 Å². The quantitative estimate of drug-likeness (QED) is 0.858. The summed E-state index contributed by atoms with van der Waals surface area (Å²) in [5.74, 6) is 0. The number of anilines is 1. The van der Waals surface area contributed by atoms with E-state index in [9.17, 15) is 4.79 Å². The maximum Gasteiger partial charge on any atom is 0.319 e. The first kappa shape index (κ1) is 17.5. The molecule has 0 aliphatic carbocycles. The summed E-state index contributed by atoms with van der Waals surface area (Å²) in [6.07, 6.45) is 0.369. The summed E-state index contributed by atoms with van der Waals surface area (Å²) in [6.45, 7) is 0.509. The predicted molar refractivity (Wildman–Crippen MR) is 95.7 cm³/mol. The topological polar surface area (TPSA) is 68.2 Å². The Morgan fingerprint density at radius 2 is 1.79 bits per heavy atom. The number of benzene rings is 2. The first-order valence-corrected chi connectivity index (χ1v) is 7.82. The van der Waals surface area contributed by atoms with Crippen molar-refractivity contribution >= 4 is 11.7 Å². The Bertz CT molecular complexity index is 690. The van der Waals surface area contributed by atoms with Gasteiger partial charge in [-0.25, -0.2) is 4.79 Å². The van der Waals surface area contributed by atoms with E-state index in [1.807, 2.05) is 44.4 Å². The van der Waals surface area contributed by atoms with Crippen molar-refractivity contribution in [2.24, 2.45) is 0 Å². The van der Waals surface area contributed by atoms with Gasteiger partial charge in [0.25, 0.3) is 0 Å². The zero-order valence-electron chi connectivity index (χ0n) is 14.0. The molecule has 1 unspecified atom stereocenters. The van der Waals surface area contributed by atoms with Gasteiger partial charge in [0.2, 0.25) is 0 Å². The maximum absolute atomic E-state index is 12.1. The molecule has 124 valence electrons.